The van der Waals surface area contributed by atoms with Gasteiger partial charge in [0.1, 0.15) is 5.82 Å². The quantitative estimate of drug-likeness (QED) is 0.543. The second-order valence-electron chi connectivity index (χ2n) is 10.2. The molecule has 1 aromatic heterocycles. The summed E-state index contributed by atoms with van der Waals surface area (Å²) < 4.78 is 28.5. The van der Waals surface area contributed by atoms with Crippen LogP contribution in [-0.2, 0) is 14.8 Å². The number of aromatic amines is 1. The van der Waals surface area contributed by atoms with E-state index in [1.807, 2.05) is 30.3 Å². The topological polar surface area (TPSA) is 95.2 Å². The van der Waals surface area contributed by atoms with Gasteiger partial charge in [0.05, 0.1) is 21.8 Å². The average Bonchev–Trinajstić information content (AvgIpc) is 3.31. The molecule has 1 aliphatic heterocycles. The van der Waals surface area contributed by atoms with Gasteiger partial charge >= 0.3 is 0 Å². The molecule has 2 aromatic carbocycles. The van der Waals surface area contributed by atoms with Crippen LogP contribution < -0.4 is 5.32 Å². The molecule has 4 atom stereocenters. The number of amides is 1. The van der Waals surface area contributed by atoms with Crippen LogP contribution in [0.5, 0.6) is 0 Å². The van der Waals surface area contributed by atoms with Gasteiger partial charge < -0.3 is 10.3 Å². The number of imidazole rings is 1. The molecule has 5 rings (SSSR count). The van der Waals surface area contributed by atoms with Crippen molar-refractivity contribution in [2.75, 3.05) is 13.1 Å². The molecule has 2 N–H and O–H groups in total. The van der Waals surface area contributed by atoms with Crippen LogP contribution in [0.15, 0.2) is 53.4 Å². The largest absolute Gasteiger partial charge is 0.353 e. The molecule has 2 aliphatic rings. The lowest BCUT2D eigenvalue weighted by Crippen LogP contribution is -2.50. The number of carbonyl (C=O) groups excluding carboxylic acids is 1. The molecular formula is C27H34N4O3S. The van der Waals surface area contributed by atoms with Gasteiger partial charge in [0.25, 0.3) is 0 Å². The first-order valence-corrected chi connectivity index (χ1v) is 14.1. The second kappa shape index (κ2) is 9.74. The maximum absolute atomic E-state index is 13.5. The fraction of sp³-hybridized carbons (Fsp3) is 0.481. The minimum absolute atomic E-state index is 0.00706. The molecule has 7 nitrogen and oxygen atoms in total. The van der Waals surface area contributed by atoms with E-state index >= 15 is 0 Å². The second-order valence-corrected chi connectivity index (χ2v) is 12.2. The maximum Gasteiger partial charge on any atom is 0.243 e. The third kappa shape index (κ3) is 4.86. The van der Waals surface area contributed by atoms with E-state index in [9.17, 15) is 13.2 Å². The fourth-order valence-electron chi connectivity index (χ4n) is 5.49. The Kier molecular flexibility index (Phi) is 6.68. The number of rotatable bonds is 5. The zero-order valence-electron chi connectivity index (χ0n) is 20.4. The Labute approximate surface area is 207 Å². The molecule has 8 heteroatoms. The molecule has 1 saturated carbocycles. The SMILES string of the molecule is C[C@H]1[C@H](C)CCC[C@@H]1NC(=O)[C@@H]1CCCN(S(=O)(=O)c2ccc3nc(-c4ccccc4)[nH]c3c2)C1. The van der Waals surface area contributed by atoms with E-state index in [0.29, 0.717) is 42.6 Å². The van der Waals surface area contributed by atoms with Crippen LogP contribution in [0.25, 0.3) is 22.4 Å². The van der Waals surface area contributed by atoms with Crippen molar-refractivity contribution in [3.8, 4) is 11.4 Å². The van der Waals surface area contributed by atoms with E-state index < -0.39 is 10.0 Å². The monoisotopic (exact) mass is 494 g/mol. The molecule has 0 radical (unpaired) electrons. The Morgan fingerprint density at radius 2 is 1.86 bits per heavy atom. The van der Waals surface area contributed by atoms with Crippen molar-refractivity contribution < 1.29 is 13.2 Å². The fourth-order valence-corrected chi connectivity index (χ4v) is 7.04. The summed E-state index contributed by atoms with van der Waals surface area (Å²) in [4.78, 5) is 21.2. The third-order valence-corrected chi connectivity index (χ3v) is 9.79. The predicted molar refractivity (Wildman–Crippen MR) is 137 cm³/mol. The van der Waals surface area contributed by atoms with E-state index in [-0.39, 0.29) is 29.3 Å². The smallest absolute Gasteiger partial charge is 0.243 e. The Balaban J connectivity index is 1.32. The number of nitrogens with zero attached hydrogens (tertiary/aromatic N) is 2. The highest BCUT2D eigenvalue weighted by Gasteiger charge is 2.35. The van der Waals surface area contributed by atoms with Crippen molar-refractivity contribution in [1.29, 1.82) is 0 Å². The lowest BCUT2D eigenvalue weighted by molar-refractivity contribution is -0.127. The number of hydrogen-bond acceptors (Lipinski definition) is 4. The van der Waals surface area contributed by atoms with Gasteiger partial charge in [-0.1, -0.05) is 57.0 Å². The summed E-state index contributed by atoms with van der Waals surface area (Å²) in [5.74, 6) is 1.42. The number of fused-ring (bicyclic) bond motifs is 1. The maximum atomic E-state index is 13.5. The summed E-state index contributed by atoms with van der Waals surface area (Å²) in [7, 11) is -3.72. The van der Waals surface area contributed by atoms with E-state index in [2.05, 4.69) is 29.1 Å². The van der Waals surface area contributed by atoms with Gasteiger partial charge in [-0.2, -0.15) is 4.31 Å². The number of carbonyl (C=O) groups is 1. The van der Waals surface area contributed by atoms with Gasteiger partial charge in [-0.25, -0.2) is 13.4 Å². The Hall–Kier alpha value is -2.71. The standard InChI is InChI=1S/C27H34N4O3S/c1-18-8-6-12-23(19(18)2)30-27(32)21-11-7-15-31(17-21)35(33,34)22-13-14-24-25(16-22)29-26(28-24)20-9-4-3-5-10-20/h3-5,9-10,13-14,16,18-19,21,23H,6-8,11-12,15,17H2,1-2H3,(H,28,29)(H,30,32)/t18-,19+,21-,23+/m1/s1. The van der Waals surface area contributed by atoms with E-state index in [4.69, 9.17) is 0 Å². The minimum Gasteiger partial charge on any atom is -0.353 e. The van der Waals surface area contributed by atoms with Crippen LogP contribution in [0, 0.1) is 17.8 Å². The minimum atomic E-state index is -3.72. The molecule has 2 fully saturated rings. The summed E-state index contributed by atoms with van der Waals surface area (Å²) in [5, 5.41) is 3.25. The Bertz CT molecular complexity index is 1300. The average molecular weight is 495 g/mol. The number of sulfonamides is 1. The lowest BCUT2D eigenvalue weighted by atomic mass is 9.78. The summed E-state index contributed by atoms with van der Waals surface area (Å²) in [5.41, 5.74) is 2.34. The summed E-state index contributed by atoms with van der Waals surface area (Å²) >= 11 is 0. The molecule has 2 heterocycles. The van der Waals surface area contributed by atoms with E-state index in [0.717, 1.165) is 23.9 Å². The van der Waals surface area contributed by atoms with Crippen LogP contribution in [0.4, 0.5) is 0 Å². The van der Waals surface area contributed by atoms with E-state index in [1.54, 1.807) is 18.2 Å². The number of aromatic nitrogens is 2. The first-order valence-electron chi connectivity index (χ1n) is 12.7. The molecule has 1 saturated heterocycles. The number of nitrogens with one attached hydrogen (secondary N) is 2. The van der Waals surface area contributed by atoms with Crippen LogP contribution in [0.3, 0.4) is 0 Å². The highest BCUT2D eigenvalue weighted by Crippen LogP contribution is 2.31. The highest BCUT2D eigenvalue weighted by molar-refractivity contribution is 7.89. The summed E-state index contributed by atoms with van der Waals surface area (Å²) in [6, 6.07) is 14.9. The molecule has 0 spiro atoms. The molecular weight excluding hydrogens is 460 g/mol. The molecule has 1 aliphatic carbocycles. The van der Waals surface area contributed by atoms with Crippen LogP contribution in [0.2, 0.25) is 0 Å². The number of benzene rings is 2. The van der Waals surface area contributed by atoms with E-state index in [1.165, 1.54) is 10.7 Å². The number of H-pyrrole nitrogens is 1. The Morgan fingerprint density at radius 1 is 1.06 bits per heavy atom. The molecule has 186 valence electrons. The van der Waals surface area contributed by atoms with Crippen molar-refractivity contribution in [1.82, 2.24) is 19.6 Å². The van der Waals surface area contributed by atoms with Crippen molar-refractivity contribution in [3.05, 3.63) is 48.5 Å². The molecule has 0 bridgehead atoms. The first-order chi connectivity index (χ1) is 16.8. The molecule has 1 amide bonds. The van der Waals surface area contributed by atoms with Crippen molar-refractivity contribution >= 4 is 27.0 Å². The number of piperidine rings is 1. The van der Waals surface area contributed by atoms with Crippen molar-refractivity contribution in [2.45, 2.75) is 56.9 Å². The van der Waals surface area contributed by atoms with Gasteiger partial charge in [-0.15, -0.1) is 0 Å². The van der Waals surface area contributed by atoms with Gasteiger partial charge in [-0.3, -0.25) is 4.79 Å². The van der Waals surface area contributed by atoms with Crippen LogP contribution >= 0.6 is 0 Å². The first kappa shape index (κ1) is 24.0. The van der Waals surface area contributed by atoms with Crippen LogP contribution in [-0.4, -0.2) is 47.7 Å². The molecule has 3 aromatic rings. The number of hydrogen-bond donors (Lipinski definition) is 2. The Morgan fingerprint density at radius 3 is 2.66 bits per heavy atom. The molecule has 0 unspecified atom stereocenters. The normalized spacial score (nSPS) is 26.0. The zero-order valence-corrected chi connectivity index (χ0v) is 21.2. The van der Waals surface area contributed by atoms with Crippen LogP contribution in [0.1, 0.15) is 46.0 Å². The summed E-state index contributed by atoms with van der Waals surface area (Å²) in [6.45, 7) is 5.11. The van der Waals surface area contributed by atoms with Gasteiger partial charge in [-0.05, 0) is 49.3 Å². The third-order valence-electron chi connectivity index (χ3n) is 7.93. The van der Waals surface area contributed by atoms with Crippen molar-refractivity contribution in [2.24, 2.45) is 17.8 Å². The van der Waals surface area contributed by atoms with Gasteiger partial charge in [0.2, 0.25) is 15.9 Å². The van der Waals surface area contributed by atoms with Gasteiger partial charge in [0, 0.05) is 24.7 Å². The van der Waals surface area contributed by atoms with Gasteiger partial charge in [0.15, 0.2) is 0 Å². The molecule has 35 heavy (non-hydrogen) atoms. The highest BCUT2D eigenvalue weighted by atomic mass is 32.2. The predicted octanol–water partition coefficient (Wildman–Crippen LogP) is 4.57. The van der Waals surface area contributed by atoms with Crippen molar-refractivity contribution in [3.63, 3.8) is 0 Å². The zero-order chi connectivity index (χ0) is 24.6. The summed E-state index contributed by atoms with van der Waals surface area (Å²) in [6.07, 6.45) is 4.73. The lowest BCUT2D eigenvalue weighted by Gasteiger charge is -2.37.